The van der Waals surface area contributed by atoms with E-state index in [-0.39, 0.29) is 17.9 Å². The first-order valence-corrected chi connectivity index (χ1v) is 11.1. The van der Waals surface area contributed by atoms with Crippen LogP contribution in [0.3, 0.4) is 0 Å². The third kappa shape index (κ3) is 4.31. The van der Waals surface area contributed by atoms with E-state index in [2.05, 4.69) is 4.98 Å². The van der Waals surface area contributed by atoms with Crippen molar-refractivity contribution >= 4 is 22.5 Å². The summed E-state index contributed by atoms with van der Waals surface area (Å²) in [6.07, 6.45) is 0.238. The number of rotatable bonds is 5. The number of anilines is 1. The predicted molar refractivity (Wildman–Crippen MR) is 119 cm³/mol. The second kappa shape index (κ2) is 8.41. The van der Waals surface area contributed by atoms with Crippen LogP contribution in [0.1, 0.15) is 42.7 Å². The molecule has 33 heavy (non-hydrogen) atoms. The van der Waals surface area contributed by atoms with Gasteiger partial charge in [-0.3, -0.25) is 4.79 Å². The van der Waals surface area contributed by atoms with Crippen molar-refractivity contribution in [1.82, 2.24) is 4.98 Å². The molecule has 1 aromatic heterocycles. The maximum Gasteiger partial charge on any atom is 0.416 e. The van der Waals surface area contributed by atoms with E-state index >= 15 is 0 Å². The molecule has 2 aromatic carbocycles. The molecule has 1 aliphatic carbocycles. The van der Waals surface area contributed by atoms with Gasteiger partial charge in [0, 0.05) is 30.8 Å². The molecule has 5 rings (SSSR count). The second-order valence-electron chi connectivity index (χ2n) is 8.81. The Hall–Kier alpha value is -3.00. The van der Waals surface area contributed by atoms with Crippen molar-refractivity contribution in [3.05, 3.63) is 59.8 Å². The summed E-state index contributed by atoms with van der Waals surface area (Å²) in [5.74, 6) is 0.842. The molecule has 1 aliphatic heterocycles. The van der Waals surface area contributed by atoms with Crippen molar-refractivity contribution in [1.29, 1.82) is 0 Å². The Bertz CT molecular complexity index is 1140. The van der Waals surface area contributed by atoms with Crippen LogP contribution < -0.4 is 9.64 Å². The molecule has 1 saturated carbocycles. The van der Waals surface area contributed by atoms with Gasteiger partial charge in [0.15, 0.2) is 0 Å². The number of fused-ring (bicyclic) bond motifs is 1. The highest BCUT2D eigenvalue weighted by atomic mass is 19.4. The zero-order valence-corrected chi connectivity index (χ0v) is 18.2. The minimum Gasteiger partial charge on any atom is -0.490 e. The fourth-order valence-corrected chi connectivity index (χ4v) is 4.61. The summed E-state index contributed by atoms with van der Waals surface area (Å²) in [7, 11) is 1.75. The zero-order chi connectivity index (χ0) is 23.2. The molecular weight excluding hydrogens is 433 g/mol. The average molecular weight is 458 g/mol. The monoisotopic (exact) mass is 458 g/mol. The van der Waals surface area contributed by atoms with Crippen LogP contribution in [0.5, 0.6) is 5.75 Å². The van der Waals surface area contributed by atoms with Crippen LogP contribution in [-0.2, 0) is 15.7 Å². The number of benzene rings is 2. The predicted octanol–water partition coefficient (Wildman–Crippen LogP) is 5.65. The van der Waals surface area contributed by atoms with Crippen LogP contribution in [0.2, 0.25) is 0 Å². The number of aromatic nitrogens is 1. The maximum atomic E-state index is 12.8. The number of nitrogens with zero attached hydrogens (tertiary/aromatic N) is 1. The molecule has 8 heteroatoms. The fourth-order valence-electron chi connectivity index (χ4n) is 4.61. The molecule has 2 aliphatic rings. The molecule has 2 fully saturated rings. The number of aromatic amines is 1. The summed E-state index contributed by atoms with van der Waals surface area (Å²) in [6.45, 7) is 0.616. The quantitative estimate of drug-likeness (QED) is 0.537. The molecule has 3 aromatic rings. The number of hydrogen-bond acceptors (Lipinski definition) is 3. The van der Waals surface area contributed by atoms with E-state index in [1.807, 2.05) is 24.4 Å². The van der Waals surface area contributed by atoms with Crippen molar-refractivity contribution in [2.24, 2.45) is 0 Å². The van der Waals surface area contributed by atoms with E-state index < -0.39 is 17.8 Å². The van der Waals surface area contributed by atoms with Crippen LogP contribution in [-0.4, -0.2) is 36.8 Å². The van der Waals surface area contributed by atoms with Crippen LogP contribution in [0, 0.1) is 0 Å². The lowest BCUT2D eigenvalue weighted by Gasteiger charge is -2.36. The summed E-state index contributed by atoms with van der Waals surface area (Å²) < 4.78 is 49.9. The zero-order valence-electron chi connectivity index (χ0n) is 18.2. The summed E-state index contributed by atoms with van der Waals surface area (Å²) >= 11 is 0. The molecule has 0 radical (unpaired) electrons. The standard InChI is InChI=1S/C25H25F3N2O3/c1-30(24(31)23-3-2-10-32-23)22-14-29-21-9-8-18(13-20(21)22)33-19-11-16(12-19)15-4-6-17(7-5-15)25(26,27)28/h4-9,13-14,16,19,23,29H,2-3,10-12H2,1H3. The number of nitrogens with one attached hydrogen (secondary N) is 1. The molecule has 2 heterocycles. The van der Waals surface area contributed by atoms with Crippen LogP contribution in [0.25, 0.3) is 10.9 Å². The molecule has 1 atom stereocenters. The maximum absolute atomic E-state index is 12.8. The summed E-state index contributed by atoms with van der Waals surface area (Å²) in [6, 6.07) is 11.1. The minimum atomic E-state index is -4.32. The largest absolute Gasteiger partial charge is 0.490 e. The Morgan fingerprint density at radius 3 is 2.58 bits per heavy atom. The topological polar surface area (TPSA) is 54.6 Å². The van der Waals surface area contributed by atoms with E-state index in [9.17, 15) is 18.0 Å². The number of alkyl halides is 3. The number of ether oxygens (including phenoxy) is 2. The van der Waals surface area contributed by atoms with Crippen LogP contribution in [0.15, 0.2) is 48.7 Å². The first-order valence-electron chi connectivity index (χ1n) is 11.1. The van der Waals surface area contributed by atoms with Crippen molar-refractivity contribution in [3.8, 4) is 5.75 Å². The van der Waals surface area contributed by atoms with Gasteiger partial charge in [0.05, 0.1) is 17.4 Å². The SMILES string of the molecule is CN(C(=O)C1CCCO1)c1c[nH]c2ccc(OC3CC(c4ccc(C(F)(F)F)cc4)C3)cc12. The number of carbonyl (C=O) groups is 1. The van der Waals surface area contributed by atoms with Gasteiger partial charge in [0.1, 0.15) is 11.9 Å². The first-order chi connectivity index (χ1) is 15.8. The van der Waals surface area contributed by atoms with Crippen molar-refractivity contribution < 1.29 is 27.4 Å². The Labute approximate surface area is 189 Å². The highest BCUT2D eigenvalue weighted by Gasteiger charge is 2.34. The Morgan fingerprint density at radius 1 is 1.15 bits per heavy atom. The number of likely N-dealkylation sites (N-methyl/N-ethyl adjacent to an activating group) is 1. The average Bonchev–Trinajstić information content (AvgIpc) is 3.44. The molecule has 1 N–H and O–H groups in total. The van der Waals surface area contributed by atoms with Gasteiger partial charge < -0.3 is 19.4 Å². The smallest absolute Gasteiger partial charge is 0.416 e. The number of hydrogen-bond donors (Lipinski definition) is 1. The summed E-state index contributed by atoms with van der Waals surface area (Å²) in [4.78, 5) is 17.6. The molecule has 0 bridgehead atoms. The second-order valence-corrected chi connectivity index (χ2v) is 8.81. The van der Waals surface area contributed by atoms with Crippen molar-refractivity contribution in [2.45, 2.75) is 50.0 Å². The summed E-state index contributed by atoms with van der Waals surface area (Å²) in [5.41, 5.74) is 1.95. The number of halogens is 3. The van der Waals surface area contributed by atoms with E-state index in [0.717, 1.165) is 60.0 Å². The molecule has 174 valence electrons. The fraction of sp³-hybridized carbons (Fsp3) is 0.400. The molecular formula is C25H25F3N2O3. The van der Waals surface area contributed by atoms with Gasteiger partial charge in [0.2, 0.25) is 0 Å². The Balaban J connectivity index is 1.24. The third-order valence-electron chi connectivity index (χ3n) is 6.64. The van der Waals surface area contributed by atoms with E-state index in [1.165, 1.54) is 0 Å². The van der Waals surface area contributed by atoms with Gasteiger partial charge in [-0.05, 0) is 67.5 Å². The van der Waals surface area contributed by atoms with Gasteiger partial charge in [-0.1, -0.05) is 12.1 Å². The van der Waals surface area contributed by atoms with Gasteiger partial charge in [-0.15, -0.1) is 0 Å². The van der Waals surface area contributed by atoms with Crippen LogP contribution in [0.4, 0.5) is 18.9 Å². The minimum absolute atomic E-state index is 0.00313. The van der Waals surface area contributed by atoms with E-state index in [4.69, 9.17) is 9.47 Å². The molecule has 5 nitrogen and oxygen atoms in total. The number of amides is 1. The Morgan fingerprint density at radius 2 is 1.91 bits per heavy atom. The highest BCUT2D eigenvalue weighted by Crippen LogP contribution is 2.41. The lowest BCUT2D eigenvalue weighted by atomic mass is 9.77. The normalized spacial score (nSPS) is 22.8. The highest BCUT2D eigenvalue weighted by molar-refractivity contribution is 6.04. The van der Waals surface area contributed by atoms with E-state index in [1.54, 1.807) is 24.1 Å². The lowest BCUT2D eigenvalue weighted by molar-refractivity contribution is -0.137. The molecule has 1 saturated heterocycles. The number of carbonyl (C=O) groups excluding carboxylic acids is 1. The van der Waals surface area contributed by atoms with Crippen molar-refractivity contribution in [2.75, 3.05) is 18.6 Å². The van der Waals surface area contributed by atoms with Gasteiger partial charge in [-0.2, -0.15) is 13.2 Å². The molecule has 0 spiro atoms. The number of H-pyrrole nitrogens is 1. The third-order valence-corrected chi connectivity index (χ3v) is 6.64. The Kier molecular flexibility index (Phi) is 5.56. The molecule has 1 amide bonds. The molecule has 1 unspecified atom stereocenters. The summed E-state index contributed by atoms with van der Waals surface area (Å²) in [5, 5.41) is 0.889. The first kappa shape index (κ1) is 21.8. The van der Waals surface area contributed by atoms with Gasteiger partial charge in [0.25, 0.3) is 5.91 Å². The van der Waals surface area contributed by atoms with E-state index in [0.29, 0.717) is 12.4 Å². The lowest BCUT2D eigenvalue weighted by Crippen LogP contribution is -2.35. The van der Waals surface area contributed by atoms with Crippen molar-refractivity contribution in [3.63, 3.8) is 0 Å². The van der Waals surface area contributed by atoms with Gasteiger partial charge >= 0.3 is 6.18 Å². The van der Waals surface area contributed by atoms with Crippen LogP contribution >= 0.6 is 0 Å². The van der Waals surface area contributed by atoms with Gasteiger partial charge in [-0.25, -0.2) is 0 Å².